The van der Waals surface area contributed by atoms with Crippen molar-refractivity contribution in [2.24, 2.45) is 0 Å². The van der Waals surface area contributed by atoms with Crippen LogP contribution >= 0.6 is 0 Å². The summed E-state index contributed by atoms with van der Waals surface area (Å²) in [6.45, 7) is 21.4. The van der Waals surface area contributed by atoms with Crippen molar-refractivity contribution in [1.82, 2.24) is 0 Å². The Morgan fingerprint density at radius 3 is 1.27 bits per heavy atom. The summed E-state index contributed by atoms with van der Waals surface area (Å²) in [5.41, 5.74) is 22.7. The zero-order chi connectivity index (χ0) is 31.4. The molecule has 0 radical (unpaired) electrons. The zero-order valence-electron chi connectivity index (χ0n) is 28.0. The Bertz CT molecular complexity index is 2170. The molecule has 0 bridgehead atoms. The highest BCUT2D eigenvalue weighted by molar-refractivity contribution is 5.93. The van der Waals surface area contributed by atoms with Gasteiger partial charge >= 0.3 is 0 Å². The van der Waals surface area contributed by atoms with Crippen molar-refractivity contribution in [3.05, 3.63) is 129 Å². The quantitative estimate of drug-likeness (QED) is 0.189. The van der Waals surface area contributed by atoms with Crippen molar-refractivity contribution in [2.75, 3.05) is 10.6 Å². The lowest BCUT2D eigenvalue weighted by Gasteiger charge is -2.37. The van der Waals surface area contributed by atoms with Crippen LogP contribution in [-0.4, -0.2) is 0 Å². The van der Waals surface area contributed by atoms with E-state index >= 15 is 0 Å². The Hall–Kier alpha value is -4.30. The molecule has 2 aliphatic carbocycles. The Balaban J connectivity index is 1.23. The molecule has 0 aromatic heterocycles. The van der Waals surface area contributed by atoms with Gasteiger partial charge in [-0.15, -0.1) is 0 Å². The first-order valence-electron chi connectivity index (χ1n) is 16.5. The number of benzene rings is 5. The maximum atomic E-state index is 3.84. The molecule has 45 heavy (non-hydrogen) atoms. The molecule has 0 amide bonds. The highest BCUT2D eigenvalue weighted by Gasteiger charge is 2.45. The molecule has 0 unspecified atom stereocenters. The van der Waals surface area contributed by atoms with E-state index < -0.39 is 0 Å². The largest absolute Gasteiger partial charge is 0.355 e. The molecular formula is C43H42N2. The third-order valence-electron chi connectivity index (χ3n) is 12.1. The van der Waals surface area contributed by atoms with E-state index in [0.717, 1.165) is 0 Å². The first-order valence-corrected chi connectivity index (χ1v) is 16.5. The molecule has 2 heteroatoms. The fourth-order valence-electron chi connectivity index (χ4n) is 9.31. The van der Waals surface area contributed by atoms with E-state index in [1.165, 1.54) is 95.1 Å². The van der Waals surface area contributed by atoms with Gasteiger partial charge in [0.1, 0.15) is 0 Å². The van der Waals surface area contributed by atoms with Crippen molar-refractivity contribution in [1.29, 1.82) is 0 Å². The van der Waals surface area contributed by atoms with Crippen LogP contribution < -0.4 is 10.6 Å². The van der Waals surface area contributed by atoms with Gasteiger partial charge in [-0.1, -0.05) is 85.7 Å². The van der Waals surface area contributed by atoms with Gasteiger partial charge in [-0.3, -0.25) is 0 Å². The second-order valence-corrected chi connectivity index (χ2v) is 16.2. The molecule has 2 nitrogen and oxygen atoms in total. The monoisotopic (exact) mass is 586 g/mol. The van der Waals surface area contributed by atoms with E-state index in [1.54, 1.807) is 0 Å². The van der Waals surface area contributed by atoms with Gasteiger partial charge < -0.3 is 10.6 Å². The van der Waals surface area contributed by atoms with Crippen molar-refractivity contribution in [3.8, 4) is 22.3 Å². The number of fused-ring (bicyclic) bond motifs is 10. The van der Waals surface area contributed by atoms with Crippen LogP contribution in [0, 0.1) is 6.92 Å². The summed E-state index contributed by atoms with van der Waals surface area (Å²) in [6, 6.07) is 30.7. The van der Waals surface area contributed by atoms with Gasteiger partial charge in [-0.2, -0.15) is 0 Å². The Morgan fingerprint density at radius 2 is 0.733 bits per heavy atom. The molecule has 4 aliphatic rings. The molecular weight excluding hydrogens is 544 g/mol. The van der Waals surface area contributed by atoms with Crippen LogP contribution in [0.5, 0.6) is 0 Å². The van der Waals surface area contributed by atoms with Gasteiger partial charge in [0.15, 0.2) is 0 Å². The highest BCUT2D eigenvalue weighted by atomic mass is 14.9. The average molecular weight is 587 g/mol. The molecule has 5 aromatic carbocycles. The standard InChI is InChI=1S/C43H42N2/c1-23-14-15-29-37(16-23)45-39-22-33-27(20-35(39)41(29,4)5)25-18-30-24(17-31(25)43(33,8)9)26-19-34-38(21-32(26)42(30,6)7)44-36-13-11-10-12-28(36)40(34,2)3/h10-22,44-45H,1-9H3. The van der Waals surface area contributed by atoms with Gasteiger partial charge in [0.2, 0.25) is 0 Å². The molecule has 224 valence electrons. The number of aryl methyl sites for hydroxylation is 1. The third-order valence-corrected chi connectivity index (χ3v) is 12.1. The van der Waals surface area contributed by atoms with Crippen LogP contribution in [0.2, 0.25) is 0 Å². The van der Waals surface area contributed by atoms with Gasteiger partial charge in [-0.05, 0) is 128 Å². The summed E-state index contributed by atoms with van der Waals surface area (Å²) < 4.78 is 0. The minimum atomic E-state index is -0.103. The summed E-state index contributed by atoms with van der Waals surface area (Å²) in [6.07, 6.45) is 0. The first-order chi connectivity index (χ1) is 21.2. The van der Waals surface area contributed by atoms with Crippen LogP contribution in [0.1, 0.15) is 105 Å². The average Bonchev–Trinajstić information content (AvgIpc) is 3.33. The maximum absolute atomic E-state index is 3.84. The Morgan fingerprint density at radius 1 is 0.356 bits per heavy atom. The highest BCUT2D eigenvalue weighted by Crippen LogP contribution is 2.60. The Kier molecular flexibility index (Phi) is 4.87. The molecule has 5 aromatic rings. The van der Waals surface area contributed by atoms with E-state index in [-0.39, 0.29) is 21.7 Å². The lowest BCUT2D eigenvalue weighted by atomic mass is 9.72. The van der Waals surface area contributed by atoms with Crippen molar-refractivity contribution < 1.29 is 0 Å². The maximum Gasteiger partial charge on any atom is 0.0429 e. The van der Waals surface area contributed by atoms with Crippen LogP contribution in [0.4, 0.5) is 22.7 Å². The third kappa shape index (κ3) is 3.25. The first kappa shape index (κ1) is 27.0. The Labute approximate surface area is 267 Å². The van der Waals surface area contributed by atoms with E-state index in [4.69, 9.17) is 0 Å². The van der Waals surface area contributed by atoms with Crippen LogP contribution in [0.15, 0.2) is 78.9 Å². The second kappa shape index (κ2) is 8.10. The molecule has 0 saturated heterocycles. The van der Waals surface area contributed by atoms with E-state index in [9.17, 15) is 0 Å². The summed E-state index contributed by atoms with van der Waals surface area (Å²) in [5, 5.41) is 7.64. The minimum absolute atomic E-state index is 0.0830. The lowest BCUT2D eigenvalue weighted by molar-refractivity contribution is 0.632. The molecule has 0 fully saturated rings. The zero-order valence-corrected chi connectivity index (χ0v) is 28.0. The molecule has 0 saturated carbocycles. The minimum Gasteiger partial charge on any atom is -0.355 e. The normalized spacial score (nSPS) is 19.0. The summed E-state index contributed by atoms with van der Waals surface area (Å²) >= 11 is 0. The van der Waals surface area contributed by atoms with Crippen LogP contribution in [0.3, 0.4) is 0 Å². The number of hydrogen-bond donors (Lipinski definition) is 2. The number of anilines is 4. The topological polar surface area (TPSA) is 24.1 Å². The SMILES string of the molecule is Cc1ccc2c(c1)Nc1cc3c(cc1C2(C)C)-c1cc2c(cc1C3(C)C)-c1cc3c(cc1C2(C)C)Nc1ccccc1C3(C)C. The van der Waals surface area contributed by atoms with E-state index in [2.05, 4.69) is 152 Å². The molecule has 0 spiro atoms. The summed E-state index contributed by atoms with van der Waals surface area (Å²) in [7, 11) is 0. The summed E-state index contributed by atoms with van der Waals surface area (Å²) in [4.78, 5) is 0. The number of rotatable bonds is 0. The van der Waals surface area contributed by atoms with Crippen molar-refractivity contribution in [3.63, 3.8) is 0 Å². The fraction of sp³-hybridized carbons (Fsp3) is 0.302. The smallest absolute Gasteiger partial charge is 0.0429 e. The second-order valence-electron chi connectivity index (χ2n) is 16.2. The van der Waals surface area contributed by atoms with Gasteiger partial charge in [-0.25, -0.2) is 0 Å². The van der Waals surface area contributed by atoms with Gasteiger partial charge in [0, 0.05) is 44.4 Å². The molecule has 2 N–H and O–H groups in total. The van der Waals surface area contributed by atoms with E-state index in [0.29, 0.717) is 0 Å². The van der Waals surface area contributed by atoms with Gasteiger partial charge in [0.25, 0.3) is 0 Å². The molecule has 2 aliphatic heterocycles. The number of hydrogen-bond acceptors (Lipinski definition) is 2. The van der Waals surface area contributed by atoms with E-state index in [1.807, 2.05) is 0 Å². The lowest BCUT2D eigenvalue weighted by Crippen LogP contribution is -2.27. The van der Waals surface area contributed by atoms with Gasteiger partial charge in [0.05, 0.1) is 0 Å². The number of para-hydroxylation sites is 1. The number of nitrogens with one attached hydrogen (secondary N) is 2. The summed E-state index contributed by atoms with van der Waals surface area (Å²) in [5.74, 6) is 0. The van der Waals surface area contributed by atoms with Crippen molar-refractivity contribution in [2.45, 2.75) is 84.0 Å². The molecule has 0 atom stereocenters. The fourth-order valence-corrected chi connectivity index (χ4v) is 9.31. The van der Waals surface area contributed by atoms with Crippen LogP contribution in [-0.2, 0) is 21.7 Å². The van der Waals surface area contributed by atoms with Crippen LogP contribution in [0.25, 0.3) is 22.3 Å². The van der Waals surface area contributed by atoms with Crippen molar-refractivity contribution >= 4 is 22.7 Å². The predicted octanol–water partition coefficient (Wildman–Crippen LogP) is 11.4. The molecule has 2 heterocycles. The predicted molar refractivity (Wildman–Crippen MR) is 190 cm³/mol. The molecule has 9 rings (SSSR count).